The summed E-state index contributed by atoms with van der Waals surface area (Å²) in [5.74, 6) is 0.0828. The van der Waals surface area contributed by atoms with Gasteiger partial charge in [0.2, 0.25) is 5.88 Å². The quantitative estimate of drug-likeness (QED) is 0.458. The second-order valence-electron chi connectivity index (χ2n) is 7.29. The van der Waals surface area contributed by atoms with Crippen LogP contribution in [0.1, 0.15) is 22.5 Å². The molecule has 1 aliphatic heterocycles. The minimum absolute atomic E-state index is 0.133. The Bertz CT molecular complexity index is 1190. The fourth-order valence-corrected chi connectivity index (χ4v) is 5.18. The summed E-state index contributed by atoms with van der Waals surface area (Å²) < 4.78 is 63.1. The van der Waals surface area contributed by atoms with Crippen molar-refractivity contribution in [3.05, 3.63) is 58.9 Å². The highest BCUT2D eigenvalue weighted by Gasteiger charge is 2.32. The van der Waals surface area contributed by atoms with Crippen LogP contribution in [-0.2, 0) is 6.18 Å². The minimum Gasteiger partial charge on any atom is -0.438 e. The van der Waals surface area contributed by atoms with Crippen molar-refractivity contribution >= 4 is 39.0 Å². The van der Waals surface area contributed by atoms with E-state index in [4.69, 9.17) is 16.3 Å². The Kier molecular flexibility index (Phi) is 5.93. The Balaban J connectivity index is 1.49. The number of carbonyl (C=O) groups is 1. The molecule has 12 heteroatoms. The average Bonchev–Trinajstić information content (AvgIpc) is 3.06. The Labute approximate surface area is 186 Å². The molecule has 1 atom stereocenters. The fraction of sp³-hybridized carbons (Fsp3) is 0.250. The largest absolute Gasteiger partial charge is 0.438 e. The summed E-state index contributed by atoms with van der Waals surface area (Å²) in [4.78, 5) is 20.4. The van der Waals surface area contributed by atoms with Gasteiger partial charge in [-0.15, -0.1) is 0 Å². The number of alkyl halides is 3. The number of pyridine rings is 2. The predicted octanol–water partition coefficient (Wildman–Crippen LogP) is 5.35. The van der Waals surface area contributed by atoms with Crippen LogP contribution in [-0.4, -0.2) is 42.5 Å². The Morgan fingerprint density at radius 2 is 2.00 bits per heavy atom. The lowest BCUT2D eigenvalue weighted by molar-refractivity contribution is -0.137. The summed E-state index contributed by atoms with van der Waals surface area (Å²) in [5.41, 5.74) is -0.319. The van der Waals surface area contributed by atoms with E-state index in [0.29, 0.717) is 23.5 Å². The van der Waals surface area contributed by atoms with Crippen molar-refractivity contribution in [2.75, 3.05) is 11.5 Å². The molecule has 2 aromatic heterocycles. The molecule has 4 rings (SSSR count). The number of aromatic nitrogens is 2. The van der Waals surface area contributed by atoms with E-state index in [1.165, 1.54) is 12.1 Å². The summed E-state index contributed by atoms with van der Waals surface area (Å²) in [7, 11) is -2.62. The molecular formula is C20H17ClF3N3O4S. The number of nitrogens with one attached hydrogen (secondary N) is 1. The van der Waals surface area contributed by atoms with Crippen LogP contribution in [0.5, 0.6) is 11.6 Å². The van der Waals surface area contributed by atoms with Crippen molar-refractivity contribution in [1.82, 2.24) is 15.3 Å². The van der Waals surface area contributed by atoms with Crippen molar-refractivity contribution in [2.45, 2.75) is 18.6 Å². The maximum absolute atomic E-state index is 12.7. The number of ether oxygens (including phenoxy) is 1. The van der Waals surface area contributed by atoms with E-state index in [9.17, 15) is 27.1 Å². The van der Waals surface area contributed by atoms with Crippen LogP contribution in [0.3, 0.4) is 0 Å². The average molecular weight is 488 g/mol. The van der Waals surface area contributed by atoms with Crippen LogP contribution in [0.25, 0.3) is 10.9 Å². The van der Waals surface area contributed by atoms with E-state index in [1.807, 2.05) is 0 Å². The molecular weight excluding hydrogens is 471 g/mol. The number of amides is 1. The molecule has 1 unspecified atom stereocenters. The monoisotopic (exact) mass is 487 g/mol. The molecule has 0 bridgehead atoms. The highest BCUT2D eigenvalue weighted by Crippen LogP contribution is 2.45. The fourth-order valence-electron chi connectivity index (χ4n) is 3.25. The number of hydrogen-bond donors (Lipinski definition) is 3. The van der Waals surface area contributed by atoms with Gasteiger partial charge in [-0.2, -0.15) is 23.8 Å². The molecule has 1 amide bonds. The van der Waals surface area contributed by atoms with E-state index in [2.05, 4.69) is 15.3 Å². The zero-order valence-corrected chi connectivity index (χ0v) is 17.8. The summed E-state index contributed by atoms with van der Waals surface area (Å²) in [6.45, 7) is 0. The maximum atomic E-state index is 12.7. The Hall–Kier alpha value is -2.60. The van der Waals surface area contributed by atoms with Gasteiger partial charge in [0.05, 0.1) is 16.8 Å². The maximum Gasteiger partial charge on any atom is 0.417 e. The van der Waals surface area contributed by atoms with Crippen molar-refractivity contribution in [1.29, 1.82) is 0 Å². The predicted molar refractivity (Wildman–Crippen MR) is 115 cm³/mol. The van der Waals surface area contributed by atoms with Gasteiger partial charge >= 0.3 is 6.18 Å². The lowest BCUT2D eigenvalue weighted by Gasteiger charge is -2.25. The summed E-state index contributed by atoms with van der Waals surface area (Å²) in [6.07, 6.45) is -3.44. The minimum atomic E-state index is -4.56. The van der Waals surface area contributed by atoms with Gasteiger partial charge in [0.1, 0.15) is 16.5 Å². The normalized spacial score (nSPS) is 19.0. The zero-order chi connectivity index (χ0) is 23.1. The summed E-state index contributed by atoms with van der Waals surface area (Å²) in [5, 5.41) is 3.09. The molecule has 170 valence electrons. The molecule has 0 spiro atoms. The smallest absolute Gasteiger partial charge is 0.417 e. The molecule has 1 aliphatic rings. The standard InChI is InChI=1S/C20H17ClF3N3O4S/c21-15-8-12(20(22,23)24)9-25-19(15)31-14-2-4-16-11(7-14)1-3-17(27-16)18(28)26-13-5-6-32(29,30)10-13/h1-4,7-9,13,29-30H,5-6,10H2,(H,26,28). The van der Waals surface area contributed by atoms with Gasteiger partial charge in [0.25, 0.3) is 5.91 Å². The van der Waals surface area contributed by atoms with E-state index in [1.54, 1.807) is 18.2 Å². The third kappa shape index (κ3) is 5.07. The van der Waals surface area contributed by atoms with Crippen LogP contribution >= 0.6 is 22.2 Å². The van der Waals surface area contributed by atoms with Crippen LogP contribution in [0.4, 0.5) is 13.2 Å². The van der Waals surface area contributed by atoms with Gasteiger partial charge in [-0.25, -0.2) is 9.97 Å². The van der Waals surface area contributed by atoms with Gasteiger partial charge < -0.3 is 10.1 Å². The number of halogens is 4. The van der Waals surface area contributed by atoms with Gasteiger partial charge in [-0.1, -0.05) is 17.7 Å². The highest BCUT2D eigenvalue weighted by atomic mass is 35.5. The molecule has 7 nitrogen and oxygen atoms in total. The number of rotatable bonds is 4. The third-order valence-corrected chi connectivity index (χ3v) is 6.94. The van der Waals surface area contributed by atoms with E-state index < -0.39 is 28.2 Å². The first kappa shape index (κ1) is 22.6. The van der Waals surface area contributed by atoms with Gasteiger partial charge in [0.15, 0.2) is 0 Å². The van der Waals surface area contributed by atoms with Crippen LogP contribution in [0.2, 0.25) is 5.02 Å². The lowest BCUT2D eigenvalue weighted by atomic mass is 10.2. The molecule has 3 aromatic rings. The zero-order valence-electron chi connectivity index (χ0n) is 16.3. The number of benzene rings is 1. The summed E-state index contributed by atoms with van der Waals surface area (Å²) in [6, 6.07) is 8.28. The molecule has 0 saturated carbocycles. The van der Waals surface area contributed by atoms with Crippen LogP contribution in [0, 0.1) is 0 Å². The molecule has 1 aromatic carbocycles. The Morgan fingerprint density at radius 3 is 2.66 bits per heavy atom. The lowest BCUT2D eigenvalue weighted by Crippen LogP contribution is -2.35. The van der Waals surface area contributed by atoms with Crippen LogP contribution < -0.4 is 10.1 Å². The molecule has 1 saturated heterocycles. The first-order valence-corrected chi connectivity index (χ1v) is 11.6. The molecule has 1 fully saturated rings. The van der Waals surface area contributed by atoms with Gasteiger partial charge in [-0.05, 0) is 36.8 Å². The second kappa shape index (κ2) is 8.39. The molecule has 0 aliphatic carbocycles. The van der Waals surface area contributed by atoms with E-state index in [0.717, 1.165) is 6.07 Å². The number of hydrogen-bond acceptors (Lipinski definition) is 6. The van der Waals surface area contributed by atoms with Gasteiger partial charge in [0, 0.05) is 23.4 Å². The highest BCUT2D eigenvalue weighted by molar-refractivity contribution is 8.24. The number of fused-ring (bicyclic) bond motifs is 1. The van der Waals surface area contributed by atoms with E-state index in [-0.39, 0.29) is 39.9 Å². The molecule has 3 heterocycles. The number of carbonyl (C=O) groups excluding carboxylic acids is 1. The van der Waals surface area contributed by atoms with Crippen molar-refractivity contribution in [3.8, 4) is 11.6 Å². The SMILES string of the molecule is O=C(NC1CCS(O)(O)C1)c1ccc2cc(Oc3ncc(C(F)(F)F)cc3Cl)ccc2n1. The summed E-state index contributed by atoms with van der Waals surface area (Å²) >= 11 is 5.87. The van der Waals surface area contributed by atoms with Crippen molar-refractivity contribution in [3.63, 3.8) is 0 Å². The van der Waals surface area contributed by atoms with Crippen molar-refractivity contribution < 1.29 is 31.8 Å². The molecule has 32 heavy (non-hydrogen) atoms. The third-order valence-electron chi connectivity index (χ3n) is 4.84. The molecule has 0 radical (unpaired) electrons. The Morgan fingerprint density at radius 1 is 1.22 bits per heavy atom. The van der Waals surface area contributed by atoms with Gasteiger partial charge in [-0.3, -0.25) is 13.9 Å². The topological polar surface area (TPSA) is 105 Å². The van der Waals surface area contributed by atoms with Crippen LogP contribution in [0.15, 0.2) is 42.6 Å². The first-order chi connectivity index (χ1) is 15.0. The molecule has 3 N–H and O–H groups in total. The first-order valence-electron chi connectivity index (χ1n) is 9.36. The van der Waals surface area contributed by atoms with Crippen molar-refractivity contribution in [2.24, 2.45) is 0 Å². The second-order valence-corrected chi connectivity index (χ2v) is 10.0. The number of nitrogens with zero attached hydrogens (tertiary/aromatic N) is 2. The van der Waals surface area contributed by atoms with E-state index >= 15 is 0 Å².